The zero-order valence-corrected chi connectivity index (χ0v) is 19.0. The van der Waals surface area contributed by atoms with E-state index in [2.05, 4.69) is 12.1 Å². The van der Waals surface area contributed by atoms with Crippen LogP contribution in [0.5, 0.6) is 0 Å². The van der Waals surface area contributed by atoms with Crippen molar-refractivity contribution in [1.29, 1.82) is 0 Å². The van der Waals surface area contributed by atoms with Gasteiger partial charge in [-0.3, -0.25) is 9.59 Å². The van der Waals surface area contributed by atoms with Gasteiger partial charge in [-0.2, -0.15) is 0 Å². The van der Waals surface area contributed by atoms with Crippen LogP contribution in [0, 0.1) is 17.8 Å². The van der Waals surface area contributed by atoms with E-state index in [0.717, 1.165) is 12.8 Å². The number of esters is 1. The predicted octanol–water partition coefficient (Wildman–Crippen LogP) is 3.74. The zero-order chi connectivity index (χ0) is 23.0. The number of Topliss-reactive ketones (excluding diaryl/α,β-unsaturated/α-hetero) is 3. The van der Waals surface area contributed by atoms with E-state index in [1.165, 1.54) is 26.3 Å². The highest BCUT2D eigenvalue weighted by Gasteiger charge is 2.46. The van der Waals surface area contributed by atoms with Gasteiger partial charge in [-0.1, -0.05) is 30.3 Å². The Morgan fingerprint density at radius 3 is 1.90 bits per heavy atom. The maximum atomic E-state index is 12.2. The first-order chi connectivity index (χ1) is 14.7. The van der Waals surface area contributed by atoms with Crippen LogP contribution in [0.15, 0.2) is 30.3 Å². The molecule has 0 aliphatic carbocycles. The van der Waals surface area contributed by atoms with E-state index in [1.54, 1.807) is 6.92 Å². The molecule has 1 heterocycles. The lowest BCUT2D eigenvalue weighted by molar-refractivity contribution is -0.182. The van der Waals surface area contributed by atoms with Gasteiger partial charge in [0.25, 0.3) is 0 Å². The molecule has 0 N–H and O–H groups in total. The topological polar surface area (TPSA) is 86.7 Å². The highest BCUT2D eigenvalue weighted by Crippen LogP contribution is 2.43. The van der Waals surface area contributed by atoms with Crippen molar-refractivity contribution in [2.45, 2.75) is 72.0 Å². The number of ether oxygens (including phenoxy) is 2. The first-order valence-electron chi connectivity index (χ1n) is 11.0. The van der Waals surface area contributed by atoms with Gasteiger partial charge in [0.2, 0.25) is 0 Å². The summed E-state index contributed by atoms with van der Waals surface area (Å²) in [7, 11) is 0. The number of rotatable bonds is 11. The summed E-state index contributed by atoms with van der Waals surface area (Å²) in [4.78, 5) is 47.7. The van der Waals surface area contributed by atoms with Gasteiger partial charge in [0.15, 0.2) is 0 Å². The second kappa shape index (κ2) is 11.9. The molecule has 2 rings (SSSR count). The molecule has 31 heavy (non-hydrogen) atoms. The van der Waals surface area contributed by atoms with Crippen LogP contribution in [0.2, 0.25) is 0 Å². The minimum absolute atomic E-state index is 0.00167. The Morgan fingerprint density at radius 1 is 0.774 bits per heavy atom. The minimum atomic E-state index is -0.519. The second-order valence-electron chi connectivity index (χ2n) is 8.75. The Labute approximate surface area is 184 Å². The molecule has 5 atom stereocenters. The van der Waals surface area contributed by atoms with Crippen LogP contribution in [0.4, 0.5) is 0 Å². The van der Waals surface area contributed by atoms with E-state index in [4.69, 9.17) is 9.47 Å². The normalized spacial score (nSPS) is 25.6. The molecule has 1 fully saturated rings. The molecule has 0 aromatic heterocycles. The molecule has 6 heteroatoms. The highest BCUT2D eigenvalue weighted by molar-refractivity contribution is 5.78. The molecule has 0 radical (unpaired) electrons. The van der Waals surface area contributed by atoms with Crippen LogP contribution in [0.1, 0.15) is 58.9 Å². The van der Waals surface area contributed by atoms with E-state index in [9.17, 15) is 19.2 Å². The molecule has 1 aromatic carbocycles. The van der Waals surface area contributed by atoms with E-state index in [-0.39, 0.29) is 60.7 Å². The minimum Gasteiger partial charge on any atom is -0.463 e. The van der Waals surface area contributed by atoms with Gasteiger partial charge in [-0.25, -0.2) is 0 Å². The van der Waals surface area contributed by atoms with Crippen LogP contribution < -0.4 is 0 Å². The molecule has 1 aromatic rings. The fourth-order valence-corrected chi connectivity index (χ4v) is 4.77. The maximum Gasteiger partial charge on any atom is 0.302 e. The van der Waals surface area contributed by atoms with Gasteiger partial charge in [-0.05, 0) is 56.9 Å². The fraction of sp³-hybridized carbons (Fsp3) is 0.600. The van der Waals surface area contributed by atoms with Crippen LogP contribution in [0.3, 0.4) is 0 Å². The lowest BCUT2D eigenvalue weighted by Gasteiger charge is -2.47. The summed E-state index contributed by atoms with van der Waals surface area (Å²) in [6, 6.07) is 10.0. The Bertz CT molecular complexity index is 771. The zero-order valence-electron chi connectivity index (χ0n) is 19.0. The summed E-state index contributed by atoms with van der Waals surface area (Å²) < 4.78 is 11.5. The predicted molar refractivity (Wildman–Crippen MR) is 116 cm³/mol. The lowest BCUT2D eigenvalue weighted by atomic mass is 9.67. The fourth-order valence-electron chi connectivity index (χ4n) is 4.77. The Balaban J connectivity index is 2.36. The number of carbonyl (C=O) groups excluding carboxylic acids is 4. The molecule has 170 valence electrons. The van der Waals surface area contributed by atoms with Crippen LogP contribution in [-0.2, 0) is 35.1 Å². The molecule has 0 spiro atoms. The highest BCUT2D eigenvalue weighted by atomic mass is 16.6. The van der Waals surface area contributed by atoms with E-state index < -0.39 is 12.1 Å². The molecule has 1 aliphatic heterocycles. The molecular weight excluding hydrogens is 396 g/mol. The van der Waals surface area contributed by atoms with Crippen molar-refractivity contribution < 1.29 is 28.7 Å². The third-order valence-corrected chi connectivity index (χ3v) is 6.00. The number of benzene rings is 1. The molecule has 0 bridgehead atoms. The van der Waals surface area contributed by atoms with Crippen molar-refractivity contribution >= 4 is 23.3 Å². The van der Waals surface area contributed by atoms with E-state index >= 15 is 0 Å². The second-order valence-corrected chi connectivity index (χ2v) is 8.75. The van der Waals surface area contributed by atoms with Gasteiger partial charge in [-0.15, -0.1) is 0 Å². The van der Waals surface area contributed by atoms with Crippen molar-refractivity contribution in [3.63, 3.8) is 0 Å². The van der Waals surface area contributed by atoms with Gasteiger partial charge in [0.05, 0.1) is 12.2 Å². The smallest absolute Gasteiger partial charge is 0.302 e. The molecule has 6 nitrogen and oxygen atoms in total. The summed E-state index contributed by atoms with van der Waals surface area (Å²) in [5, 5.41) is 0. The number of hydrogen-bond acceptors (Lipinski definition) is 6. The standard InChI is InChI=1S/C25H34O6/c1-16(26)12-22-21(11-10-20-8-6-5-7-9-20)24(14-18(3)28)31-25(15-30-19(4)29)23(22)13-17(2)27/h5-9,21-25H,10-15H2,1-4H3/t21-,22+,23-,24+,25+/m0/s1. The average Bonchev–Trinajstić information content (AvgIpc) is 2.67. The van der Waals surface area contributed by atoms with Crippen molar-refractivity contribution in [3.05, 3.63) is 35.9 Å². The van der Waals surface area contributed by atoms with Gasteiger partial charge in [0, 0.05) is 26.2 Å². The maximum absolute atomic E-state index is 12.2. The largest absolute Gasteiger partial charge is 0.463 e. The molecule has 1 saturated heterocycles. The van der Waals surface area contributed by atoms with Crippen LogP contribution in [0.25, 0.3) is 0 Å². The third-order valence-electron chi connectivity index (χ3n) is 6.00. The Kier molecular flexibility index (Phi) is 9.56. The number of ketones is 3. The van der Waals surface area contributed by atoms with E-state index in [0.29, 0.717) is 6.42 Å². The van der Waals surface area contributed by atoms with Crippen molar-refractivity contribution in [2.75, 3.05) is 6.61 Å². The molecule has 0 amide bonds. The van der Waals surface area contributed by atoms with Crippen molar-refractivity contribution in [1.82, 2.24) is 0 Å². The third kappa shape index (κ3) is 8.02. The van der Waals surface area contributed by atoms with Gasteiger partial charge < -0.3 is 19.1 Å². The molecule has 0 saturated carbocycles. The SMILES string of the molecule is CC(=O)C[C@H]1[C@H](CC(C)=O)[C@@H](COC(C)=O)O[C@H](CC(C)=O)[C@H]1CCc1ccccc1. The van der Waals surface area contributed by atoms with Gasteiger partial charge >= 0.3 is 5.97 Å². The number of hydrogen-bond donors (Lipinski definition) is 0. The summed E-state index contributed by atoms with van der Waals surface area (Å²) in [6.07, 6.45) is 1.43. The number of carbonyl (C=O) groups is 4. The Hall–Kier alpha value is -2.34. The summed E-state index contributed by atoms with van der Waals surface area (Å²) in [6.45, 7) is 5.94. The monoisotopic (exact) mass is 430 g/mol. The summed E-state index contributed by atoms with van der Waals surface area (Å²) in [5.74, 6) is -0.797. The van der Waals surface area contributed by atoms with Crippen LogP contribution in [-0.4, -0.2) is 42.1 Å². The first kappa shape index (κ1) is 24.9. The molecule has 0 unspecified atom stereocenters. The van der Waals surface area contributed by atoms with Crippen molar-refractivity contribution in [3.8, 4) is 0 Å². The number of aryl methyl sites for hydroxylation is 1. The van der Waals surface area contributed by atoms with Crippen LogP contribution >= 0.6 is 0 Å². The Morgan fingerprint density at radius 2 is 1.35 bits per heavy atom. The summed E-state index contributed by atoms with van der Waals surface area (Å²) >= 11 is 0. The lowest BCUT2D eigenvalue weighted by Crippen LogP contribution is -2.51. The first-order valence-corrected chi connectivity index (χ1v) is 11.0. The van der Waals surface area contributed by atoms with Gasteiger partial charge in [0.1, 0.15) is 24.0 Å². The van der Waals surface area contributed by atoms with Crippen molar-refractivity contribution in [2.24, 2.45) is 17.8 Å². The van der Waals surface area contributed by atoms with E-state index in [1.807, 2.05) is 18.2 Å². The quantitative estimate of drug-likeness (QED) is 0.497. The molecular formula is C25H34O6. The molecule has 1 aliphatic rings. The summed E-state index contributed by atoms with van der Waals surface area (Å²) in [5.41, 5.74) is 1.18. The average molecular weight is 431 g/mol.